The molecule has 0 fully saturated rings. The molecule has 0 saturated heterocycles. The van der Waals surface area contributed by atoms with Crippen molar-refractivity contribution in [1.82, 2.24) is 15.1 Å². The monoisotopic (exact) mass is 439 g/mol. The summed E-state index contributed by atoms with van der Waals surface area (Å²) in [6.07, 6.45) is -0.0569. The molecule has 0 aliphatic carbocycles. The summed E-state index contributed by atoms with van der Waals surface area (Å²) in [4.78, 5) is 24.7. The maximum absolute atomic E-state index is 12.6. The van der Waals surface area contributed by atoms with Crippen molar-refractivity contribution in [2.45, 2.75) is 67.0 Å². The summed E-state index contributed by atoms with van der Waals surface area (Å²) in [5.74, 6) is -0.125. The third kappa shape index (κ3) is 6.33. The lowest BCUT2D eigenvalue weighted by Crippen LogP contribution is -2.33. The van der Waals surface area contributed by atoms with E-state index in [-0.39, 0.29) is 11.6 Å². The van der Waals surface area contributed by atoms with Gasteiger partial charge in [0.2, 0.25) is 5.91 Å². The van der Waals surface area contributed by atoms with E-state index in [1.807, 2.05) is 52.0 Å². The van der Waals surface area contributed by atoms with Crippen LogP contribution in [0.5, 0.6) is 0 Å². The average molecular weight is 440 g/mol. The van der Waals surface area contributed by atoms with E-state index in [2.05, 4.69) is 21.8 Å². The highest BCUT2D eigenvalue weighted by molar-refractivity contribution is 5.98. The standard InChI is InChI=1S/C24H33N5O3/c1-8-29-19(13-14-26-22(31)32-24(5,6)7)20(18(15-25)28-29)16-11-9-10-12-17(16)27-21(30)23(2,3)4/h9-12H,8,13-14H2,1-7H3,(H,26,31)(H,27,30). The van der Waals surface area contributed by atoms with Gasteiger partial charge in [0.1, 0.15) is 11.7 Å². The molecule has 8 nitrogen and oxygen atoms in total. The molecule has 0 unspecified atom stereocenters. The summed E-state index contributed by atoms with van der Waals surface area (Å²) < 4.78 is 7.05. The molecule has 2 N–H and O–H groups in total. The molecule has 172 valence electrons. The highest BCUT2D eigenvalue weighted by atomic mass is 16.6. The summed E-state index contributed by atoms with van der Waals surface area (Å²) in [5.41, 5.74) is 1.91. The van der Waals surface area contributed by atoms with Crippen molar-refractivity contribution >= 4 is 17.7 Å². The number of para-hydroxylation sites is 1. The summed E-state index contributed by atoms with van der Waals surface area (Å²) in [5, 5.41) is 19.9. The first-order valence-corrected chi connectivity index (χ1v) is 10.7. The maximum atomic E-state index is 12.6. The van der Waals surface area contributed by atoms with Gasteiger partial charge in [-0.2, -0.15) is 10.4 Å². The Kier molecular flexibility index (Phi) is 7.68. The summed E-state index contributed by atoms with van der Waals surface area (Å²) in [6, 6.07) is 9.54. The van der Waals surface area contributed by atoms with Gasteiger partial charge in [-0.15, -0.1) is 0 Å². The molecule has 0 aliphatic heterocycles. The number of anilines is 1. The smallest absolute Gasteiger partial charge is 0.407 e. The van der Waals surface area contributed by atoms with Gasteiger partial charge in [-0.1, -0.05) is 39.0 Å². The van der Waals surface area contributed by atoms with Crippen LogP contribution in [-0.2, 0) is 22.5 Å². The van der Waals surface area contributed by atoms with Crippen LogP contribution in [0.3, 0.4) is 0 Å². The molecular formula is C24H33N5O3. The number of aryl methyl sites for hydroxylation is 1. The number of carbonyl (C=O) groups excluding carboxylic acids is 2. The molecular weight excluding hydrogens is 406 g/mol. The number of ether oxygens (including phenoxy) is 1. The van der Waals surface area contributed by atoms with Gasteiger partial charge in [0.25, 0.3) is 0 Å². The lowest BCUT2D eigenvalue weighted by molar-refractivity contribution is -0.123. The maximum Gasteiger partial charge on any atom is 0.407 e. The van der Waals surface area contributed by atoms with Crippen LogP contribution in [0.25, 0.3) is 11.1 Å². The lowest BCUT2D eigenvalue weighted by atomic mass is 9.94. The number of benzene rings is 1. The SMILES string of the molecule is CCn1nc(C#N)c(-c2ccccc2NC(=O)C(C)(C)C)c1CCNC(=O)OC(C)(C)C. The van der Waals surface area contributed by atoms with Crippen molar-refractivity contribution < 1.29 is 14.3 Å². The zero-order valence-electron chi connectivity index (χ0n) is 20.0. The van der Waals surface area contributed by atoms with Crippen molar-refractivity contribution in [3.63, 3.8) is 0 Å². The zero-order chi connectivity index (χ0) is 24.1. The molecule has 1 heterocycles. The lowest BCUT2D eigenvalue weighted by Gasteiger charge is -2.20. The van der Waals surface area contributed by atoms with Gasteiger partial charge in [-0.3, -0.25) is 9.48 Å². The molecule has 1 aromatic carbocycles. The van der Waals surface area contributed by atoms with E-state index in [1.165, 1.54) is 0 Å². The number of hydrogen-bond acceptors (Lipinski definition) is 5. The molecule has 0 saturated carbocycles. The Morgan fingerprint density at radius 3 is 2.38 bits per heavy atom. The van der Waals surface area contributed by atoms with E-state index in [1.54, 1.807) is 25.5 Å². The quantitative estimate of drug-likeness (QED) is 0.689. The number of rotatable bonds is 6. The number of alkyl carbamates (subject to hydrolysis) is 1. The third-order valence-corrected chi connectivity index (χ3v) is 4.62. The fraction of sp³-hybridized carbons (Fsp3) is 0.500. The highest BCUT2D eigenvalue weighted by Crippen LogP contribution is 2.34. The van der Waals surface area contributed by atoms with Crippen LogP contribution >= 0.6 is 0 Å². The van der Waals surface area contributed by atoms with E-state index in [9.17, 15) is 14.9 Å². The van der Waals surface area contributed by atoms with Crippen LogP contribution in [0.15, 0.2) is 24.3 Å². The second-order valence-corrected chi connectivity index (χ2v) is 9.53. The summed E-state index contributed by atoms with van der Waals surface area (Å²) in [7, 11) is 0. The highest BCUT2D eigenvalue weighted by Gasteiger charge is 2.25. The van der Waals surface area contributed by atoms with Crippen LogP contribution < -0.4 is 10.6 Å². The Balaban J connectivity index is 2.41. The first kappa shape index (κ1) is 24.9. The number of aromatic nitrogens is 2. The molecule has 8 heteroatoms. The minimum Gasteiger partial charge on any atom is -0.444 e. The van der Waals surface area contributed by atoms with Gasteiger partial charge in [-0.25, -0.2) is 4.79 Å². The molecule has 32 heavy (non-hydrogen) atoms. The van der Waals surface area contributed by atoms with Gasteiger partial charge in [0.05, 0.1) is 0 Å². The Labute approximate surface area is 189 Å². The summed E-state index contributed by atoms with van der Waals surface area (Å²) >= 11 is 0. The third-order valence-electron chi connectivity index (χ3n) is 4.62. The summed E-state index contributed by atoms with van der Waals surface area (Å²) in [6.45, 7) is 13.8. The van der Waals surface area contributed by atoms with E-state index in [0.717, 1.165) is 5.69 Å². The Morgan fingerprint density at radius 2 is 1.81 bits per heavy atom. The zero-order valence-corrected chi connectivity index (χ0v) is 20.0. The van der Waals surface area contributed by atoms with Crippen LogP contribution in [0, 0.1) is 16.7 Å². The molecule has 2 aromatic rings. The van der Waals surface area contributed by atoms with Crippen LogP contribution in [-0.4, -0.2) is 33.9 Å². The molecule has 1 aromatic heterocycles. The number of nitrogens with one attached hydrogen (secondary N) is 2. The predicted molar refractivity (Wildman–Crippen MR) is 124 cm³/mol. The minimum absolute atomic E-state index is 0.125. The first-order chi connectivity index (χ1) is 14.9. The molecule has 2 amide bonds. The average Bonchev–Trinajstić information content (AvgIpc) is 3.03. The van der Waals surface area contributed by atoms with Gasteiger partial charge in [0, 0.05) is 47.4 Å². The number of hydrogen-bond donors (Lipinski definition) is 2. The van der Waals surface area contributed by atoms with E-state index < -0.39 is 17.1 Å². The van der Waals surface area contributed by atoms with Gasteiger partial charge >= 0.3 is 6.09 Å². The molecule has 0 aliphatic rings. The van der Waals surface area contributed by atoms with Crippen molar-refractivity contribution in [2.75, 3.05) is 11.9 Å². The molecule has 0 bridgehead atoms. The Morgan fingerprint density at radius 1 is 1.16 bits per heavy atom. The minimum atomic E-state index is -0.585. The van der Waals surface area contributed by atoms with E-state index in [0.29, 0.717) is 36.3 Å². The second kappa shape index (κ2) is 9.86. The number of carbonyl (C=O) groups is 2. The Hall–Kier alpha value is -3.34. The normalized spacial score (nSPS) is 11.6. The molecule has 0 spiro atoms. The fourth-order valence-corrected chi connectivity index (χ4v) is 3.09. The largest absolute Gasteiger partial charge is 0.444 e. The molecule has 0 atom stereocenters. The van der Waals surface area contributed by atoms with Crippen molar-refractivity contribution in [3.8, 4) is 17.2 Å². The first-order valence-electron chi connectivity index (χ1n) is 10.7. The number of nitrogens with zero attached hydrogens (tertiary/aromatic N) is 3. The molecule has 0 radical (unpaired) electrons. The van der Waals surface area contributed by atoms with Crippen molar-refractivity contribution in [1.29, 1.82) is 5.26 Å². The topological polar surface area (TPSA) is 109 Å². The number of nitriles is 1. The Bertz CT molecular complexity index is 1020. The van der Waals surface area contributed by atoms with E-state index >= 15 is 0 Å². The second-order valence-electron chi connectivity index (χ2n) is 9.53. The van der Waals surface area contributed by atoms with Gasteiger partial charge in [-0.05, 0) is 33.8 Å². The van der Waals surface area contributed by atoms with Gasteiger partial charge < -0.3 is 15.4 Å². The fourth-order valence-electron chi connectivity index (χ4n) is 3.09. The predicted octanol–water partition coefficient (Wildman–Crippen LogP) is 4.49. The van der Waals surface area contributed by atoms with Crippen LogP contribution in [0.2, 0.25) is 0 Å². The number of amides is 2. The van der Waals surface area contributed by atoms with Gasteiger partial charge in [0.15, 0.2) is 5.69 Å². The van der Waals surface area contributed by atoms with Crippen molar-refractivity contribution in [3.05, 3.63) is 35.7 Å². The molecule has 2 rings (SSSR count). The van der Waals surface area contributed by atoms with E-state index in [4.69, 9.17) is 4.74 Å². The van der Waals surface area contributed by atoms with Crippen molar-refractivity contribution in [2.24, 2.45) is 5.41 Å². The van der Waals surface area contributed by atoms with Crippen LogP contribution in [0.4, 0.5) is 10.5 Å². The van der Waals surface area contributed by atoms with Crippen LogP contribution in [0.1, 0.15) is 59.9 Å².